The first-order valence-corrected chi connectivity index (χ1v) is 9.02. The van der Waals surface area contributed by atoms with Gasteiger partial charge in [0.05, 0.1) is 11.9 Å². The van der Waals surface area contributed by atoms with E-state index in [1.807, 2.05) is 19.9 Å². The smallest absolute Gasteiger partial charge is 0.369 e. The predicted molar refractivity (Wildman–Crippen MR) is 101 cm³/mol. The molecule has 0 fully saturated rings. The average molecular weight is 458 g/mol. The Kier molecular flexibility index (Phi) is 5.77. The van der Waals surface area contributed by atoms with Gasteiger partial charge in [-0.1, -0.05) is 23.4 Å². The number of nitrogens with one attached hydrogen (secondary N) is 1. The number of amides is 1. The van der Waals surface area contributed by atoms with Crippen LogP contribution in [0.2, 0.25) is 0 Å². The molecule has 0 aliphatic carbocycles. The number of carbonyl (C=O) groups excluding carboxylic acids is 1. The number of rotatable bonds is 4. The molecule has 1 aromatic heterocycles. The molecule has 0 unspecified atom stereocenters. The van der Waals surface area contributed by atoms with Crippen molar-refractivity contribution < 1.29 is 36.2 Å². The van der Waals surface area contributed by atoms with E-state index in [9.17, 15) is 36.2 Å². The van der Waals surface area contributed by atoms with Crippen LogP contribution in [0.5, 0.6) is 0 Å². The number of hydrogen-bond acceptors (Lipinski definition) is 4. The van der Waals surface area contributed by atoms with E-state index >= 15 is 0 Å². The third kappa shape index (κ3) is 4.17. The van der Waals surface area contributed by atoms with Gasteiger partial charge in [0, 0.05) is 11.3 Å². The molecule has 170 valence electrons. The van der Waals surface area contributed by atoms with Crippen molar-refractivity contribution in [1.82, 2.24) is 15.0 Å². The lowest BCUT2D eigenvalue weighted by atomic mass is 9.92. The molecule has 3 aromatic rings. The van der Waals surface area contributed by atoms with Gasteiger partial charge in [0.1, 0.15) is 0 Å². The molecule has 0 saturated carbocycles. The van der Waals surface area contributed by atoms with Crippen LogP contribution >= 0.6 is 0 Å². The monoisotopic (exact) mass is 458 g/mol. The number of hydrogen-bond donors (Lipinski definition) is 2. The zero-order valence-electron chi connectivity index (χ0n) is 16.6. The summed E-state index contributed by atoms with van der Waals surface area (Å²) in [4.78, 5) is 12.4. The Bertz CT molecular complexity index is 1120. The summed E-state index contributed by atoms with van der Waals surface area (Å²) in [6.45, 7) is 3.77. The summed E-state index contributed by atoms with van der Waals surface area (Å²) in [6, 6.07) is 7.98. The SMILES string of the molecule is Cc1ccc(NC(=O)c2cn(-c3ccc(C(O)(C(F)(F)F)C(F)(F)F)cc3)nn2)cc1C. The third-order valence-electron chi connectivity index (χ3n) is 4.86. The minimum atomic E-state index is -5.99. The van der Waals surface area contributed by atoms with Crippen molar-refractivity contribution in [2.24, 2.45) is 0 Å². The Hall–Kier alpha value is -3.41. The average Bonchev–Trinajstić information content (AvgIpc) is 3.19. The van der Waals surface area contributed by atoms with Gasteiger partial charge >= 0.3 is 12.4 Å². The number of aliphatic hydroxyl groups is 1. The number of anilines is 1. The molecule has 12 heteroatoms. The number of halogens is 6. The van der Waals surface area contributed by atoms with Crippen LogP contribution in [0.3, 0.4) is 0 Å². The van der Waals surface area contributed by atoms with E-state index < -0.39 is 29.4 Å². The molecule has 3 rings (SSSR count). The fourth-order valence-corrected chi connectivity index (χ4v) is 2.85. The molecular weight excluding hydrogens is 442 g/mol. The van der Waals surface area contributed by atoms with Crippen LogP contribution < -0.4 is 5.32 Å². The fourth-order valence-electron chi connectivity index (χ4n) is 2.85. The van der Waals surface area contributed by atoms with Crippen molar-refractivity contribution in [3.8, 4) is 5.69 Å². The maximum absolute atomic E-state index is 13.0. The van der Waals surface area contributed by atoms with E-state index in [2.05, 4.69) is 15.6 Å². The van der Waals surface area contributed by atoms with E-state index in [1.165, 1.54) is 0 Å². The topological polar surface area (TPSA) is 80.0 Å². The zero-order valence-corrected chi connectivity index (χ0v) is 16.6. The summed E-state index contributed by atoms with van der Waals surface area (Å²) in [5.74, 6) is -0.611. The first kappa shape index (κ1) is 23.3. The Labute approximate surface area is 177 Å². The number of aryl methyl sites for hydroxylation is 2. The lowest BCUT2D eigenvalue weighted by Gasteiger charge is -2.32. The minimum Gasteiger partial charge on any atom is -0.369 e. The van der Waals surface area contributed by atoms with Gasteiger partial charge in [0.25, 0.3) is 11.5 Å². The molecule has 1 heterocycles. The normalized spacial score (nSPS) is 12.7. The second-order valence-electron chi connectivity index (χ2n) is 7.05. The van der Waals surface area contributed by atoms with Crippen molar-refractivity contribution in [2.75, 3.05) is 5.32 Å². The highest BCUT2D eigenvalue weighted by Crippen LogP contribution is 2.50. The number of aromatic nitrogens is 3. The molecule has 0 bridgehead atoms. The van der Waals surface area contributed by atoms with Gasteiger partial charge < -0.3 is 10.4 Å². The number of nitrogens with zero attached hydrogens (tertiary/aromatic N) is 3. The first-order valence-electron chi connectivity index (χ1n) is 9.02. The second-order valence-corrected chi connectivity index (χ2v) is 7.05. The minimum absolute atomic E-state index is 0.0261. The van der Waals surface area contributed by atoms with Crippen molar-refractivity contribution in [3.63, 3.8) is 0 Å². The summed E-state index contributed by atoms with van der Waals surface area (Å²) in [7, 11) is 0. The highest BCUT2D eigenvalue weighted by atomic mass is 19.4. The van der Waals surface area contributed by atoms with E-state index in [0.717, 1.165) is 34.1 Å². The molecular formula is C20H16F6N4O2. The van der Waals surface area contributed by atoms with E-state index in [1.54, 1.807) is 12.1 Å². The van der Waals surface area contributed by atoms with Gasteiger partial charge in [-0.05, 0) is 49.2 Å². The highest BCUT2D eigenvalue weighted by Gasteiger charge is 2.71. The Morgan fingerprint density at radius 3 is 2.06 bits per heavy atom. The zero-order chi connectivity index (χ0) is 23.9. The Balaban J connectivity index is 1.83. The van der Waals surface area contributed by atoms with Gasteiger partial charge in [0.2, 0.25) is 0 Å². The van der Waals surface area contributed by atoms with E-state index in [-0.39, 0.29) is 11.4 Å². The van der Waals surface area contributed by atoms with Crippen molar-refractivity contribution >= 4 is 11.6 Å². The maximum atomic E-state index is 13.0. The molecule has 2 N–H and O–H groups in total. The van der Waals surface area contributed by atoms with E-state index in [0.29, 0.717) is 17.8 Å². The molecule has 0 spiro atoms. The third-order valence-corrected chi connectivity index (χ3v) is 4.86. The summed E-state index contributed by atoms with van der Waals surface area (Å²) < 4.78 is 78.9. The maximum Gasteiger partial charge on any atom is 0.430 e. The van der Waals surface area contributed by atoms with Gasteiger partial charge in [-0.15, -0.1) is 5.10 Å². The van der Waals surface area contributed by atoms with Gasteiger partial charge in [0.15, 0.2) is 5.69 Å². The lowest BCUT2D eigenvalue weighted by molar-refractivity contribution is -0.376. The molecule has 1 amide bonds. The number of alkyl halides is 6. The predicted octanol–water partition coefficient (Wildman–Crippen LogP) is 4.45. The van der Waals surface area contributed by atoms with Crippen molar-refractivity contribution in [3.05, 3.63) is 71.0 Å². The molecule has 0 aliphatic heterocycles. The van der Waals surface area contributed by atoms with E-state index in [4.69, 9.17) is 0 Å². The molecule has 0 atom stereocenters. The van der Waals surface area contributed by atoms with Crippen molar-refractivity contribution in [1.29, 1.82) is 0 Å². The summed E-state index contributed by atoms with van der Waals surface area (Å²) >= 11 is 0. The van der Waals surface area contributed by atoms with Crippen LogP contribution in [0.4, 0.5) is 32.0 Å². The van der Waals surface area contributed by atoms with Crippen LogP contribution in [-0.2, 0) is 5.60 Å². The Morgan fingerprint density at radius 2 is 1.53 bits per heavy atom. The molecule has 0 radical (unpaired) electrons. The van der Waals surface area contributed by atoms with Crippen LogP contribution in [-0.4, -0.2) is 38.4 Å². The summed E-state index contributed by atoms with van der Waals surface area (Å²) in [5.41, 5.74) is -4.06. The summed E-state index contributed by atoms with van der Waals surface area (Å²) in [6.07, 6.45) is -10.8. The molecule has 0 aliphatic rings. The summed E-state index contributed by atoms with van der Waals surface area (Å²) in [5, 5.41) is 19.4. The van der Waals surface area contributed by atoms with Gasteiger partial charge in [-0.2, -0.15) is 26.3 Å². The van der Waals surface area contributed by atoms with Gasteiger partial charge in [-0.25, -0.2) is 4.68 Å². The molecule has 32 heavy (non-hydrogen) atoms. The largest absolute Gasteiger partial charge is 0.430 e. The molecule has 2 aromatic carbocycles. The highest BCUT2D eigenvalue weighted by molar-refractivity contribution is 6.02. The number of carbonyl (C=O) groups is 1. The van der Waals surface area contributed by atoms with Crippen LogP contribution in [0, 0.1) is 13.8 Å². The quantitative estimate of drug-likeness (QED) is 0.567. The molecule has 0 saturated heterocycles. The second kappa shape index (κ2) is 7.93. The lowest BCUT2D eigenvalue weighted by Crippen LogP contribution is -2.53. The first-order chi connectivity index (χ1) is 14.7. The Morgan fingerprint density at radius 1 is 0.938 bits per heavy atom. The molecule has 6 nitrogen and oxygen atoms in total. The van der Waals surface area contributed by atoms with Crippen molar-refractivity contribution in [2.45, 2.75) is 31.8 Å². The number of benzene rings is 2. The standard InChI is InChI=1S/C20H16F6N4O2/c1-11-3-6-14(9-12(11)2)27-17(31)16-10-30(29-28-16)15-7-4-13(5-8-15)18(32,19(21,22)23)20(24,25)26/h3-10,32H,1-2H3,(H,27,31). The van der Waals surface area contributed by atoms with Crippen LogP contribution in [0.1, 0.15) is 27.2 Å². The van der Waals surface area contributed by atoms with Gasteiger partial charge in [-0.3, -0.25) is 4.79 Å². The van der Waals surface area contributed by atoms with Crippen LogP contribution in [0.15, 0.2) is 48.7 Å². The van der Waals surface area contributed by atoms with Crippen LogP contribution in [0.25, 0.3) is 5.69 Å². The fraction of sp³-hybridized carbons (Fsp3) is 0.250.